The fourth-order valence-electron chi connectivity index (χ4n) is 6.72. The predicted molar refractivity (Wildman–Crippen MR) is 147 cm³/mol. The molecule has 1 saturated heterocycles. The molecule has 1 spiro atoms. The van der Waals surface area contributed by atoms with Gasteiger partial charge in [0.15, 0.2) is 11.6 Å². The fraction of sp³-hybridized carbons (Fsp3) is 0.121. The first-order chi connectivity index (χ1) is 19.0. The summed E-state index contributed by atoms with van der Waals surface area (Å²) in [6.07, 6.45) is 3.84. The summed E-state index contributed by atoms with van der Waals surface area (Å²) in [4.78, 5) is 45.2. The van der Waals surface area contributed by atoms with Crippen LogP contribution in [0.4, 0.5) is 15.8 Å². The first-order valence-electron chi connectivity index (χ1n) is 12.9. The average Bonchev–Trinajstić information content (AvgIpc) is 3.45. The van der Waals surface area contributed by atoms with Crippen molar-refractivity contribution in [2.24, 2.45) is 5.92 Å². The molecule has 1 amide bonds. The quantitative estimate of drug-likeness (QED) is 0.356. The van der Waals surface area contributed by atoms with Crippen LogP contribution >= 0.6 is 0 Å². The van der Waals surface area contributed by atoms with Crippen molar-refractivity contribution in [3.05, 3.63) is 137 Å². The van der Waals surface area contributed by atoms with Gasteiger partial charge in [-0.25, -0.2) is 4.39 Å². The van der Waals surface area contributed by atoms with E-state index in [-0.39, 0.29) is 17.3 Å². The molecule has 3 heterocycles. The topological polar surface area (TPSA) is 66.5 Å². The van der Waals surface area contributed by atoms with Gasteiger partial charge in [0.1, 0.15) is 17.3 Å². The van der Waals surface area contributed by atoms with Crippen molar-refractivity contribution in [3.8, 4) is 0 Å². The largest absolute Gasteiger partial charge is 0.352 e. The number of Topliss-reactive ketones (excluding diaryl/α,β-unsaturated/α-hetero) is 2. The third-order valence-corrected chi connectivity index (χ3v) is 8.29. The molecule has 3 aliphatic rings. The van der Waals surface area contributed by atoms with Crippen LogP contribution in [0.2, 0.25) is 0 Å². The average molecular weight is 515 g/mol. The van der Waals surface area contributed by atoms with Gasteiger partial charge in [0.2, 0.25) is 5.91 Å². The lowest BCUT2D eigenvalue weighted by Crippen LogP contribution is -2.51. The van der Waals surface area contributed by atoms with Crippen molar-refractivity contribution in [1.82, 2.24) is 0 Å². The molecule has 4 aromatic carbocycles. The van der Waals surface area contributed by atoms with E-state index in [0.717, 1.165) is 11.3 Å². The number of anilines is 2. The number of fused-ring (bicyclic) bond motifs is 6. The molecule has 0 radical (unpaired) electrons. The highest BCUT2D eigenvalue weighted by molar-refractivity contribution is 6.18. The smallest absolute Gasteiger partial charge is 0.238 e. The lowest BCUT2D eigenvalue weighted by molar-refractivity contribution is -0.121. The molecule has 190 valence electrons. The molecule has 4 atom stereocenters. The molecule has 0 aromatic heterocycles. The molecule has 5 nitrogen and oxygen atoms in total. The highest BCUT2D eigenvalue weighted by Gasteiger charge is 2.70. The Morgan fingerprint density at radius 1 is 0.795 bits per heavy atom. The minimum Gasteiger partial charge on any atom is -0.352 e. The Hall–Kier alpha value is -4.84. The monoisotopic (exact) mass is 514 g/mol. The van der Waals surface area contributed by atoms with Gasteiger partial charge in [0, 0.05) is 16.9 Å². The normalized spacial score (nSPS) is 24.2. The Kier molecular flexibility index (Phi) is 5.13. The molecule has 1 N–H and O–H groups in total. The summed E-state index contributed by atoms with van der Waals surface area (Å²) in [6.45, 7) is 0. The van der Waals surface area contributed by atoms with Crippen molar-refractivity contribution >= 4 is 34.9 Å². The summed E-state index contributed by atoms with van der Waals surface area (Å²) in [5.74, 6) is -3.13. The number of amides is 1. The molecule has 0 aliphatic carbocycles. The summed E-state index contributed by atoms with van der Waals surface area (Å²) < 4.78 is 15.2. The number of para-hydroxylation sites is 2. The lowest BCUT2D eigenvalue weighted by atomic mass is 9.64. The summed E-state index contributed by atoms with van der Waals surface area (Å²) in [5, 5.41) is 2.98. The van der Waals surface area contributed by atoms with Crippen LogP contribution in [0.1, 0.15) is 31.8 Å². The molecule has 1 fully saturated rings. The Morgan fingerprint density at radius 2 is 1.49 bits per heavy atom. The molecule has 4 aromatic rings. The Bertz CT molecular complexity index is 1700. The van der Waals surface area contributed by atoms with E-state index in [9.17, 15) is 14.4 Å². The van der Waals surface area contributed by atoms with Crippen LogP contribution in [0.25, 0.3) is 6.08 Å². The second-order valence-electron chi connectivity index (χ2n) is 10.1. The number of carbonyl (C=O) groups is 3. The van der Waals surface area contributed by atoms with Gasteiger partial charge in [0.05, 0.1) is 17.5 Å². The summed E-state index contributed by atoms with van der Waals surface area (Å²) >= 11 is 0. The summed E-state index contributed by atoms with van der Waals surface area (Å²) in [7, 11) is 0. The van der Waals surface area contributed by atoms with Gasteiger partial charge < -0.3 is 10.2 Å². The molecule has 0 saturated carbocycles. The van der Waals surface area contributed by atoms with Crippen LogP contribution in [0, 0.1) is 11.7 Å². The fourth-order valence-corrected chi connectivity index (χ4v) is 6.72. The van der Waals surface area contributed by atoms with Crippen molar-refractivity contribution in [3.63, 3.8) is 0 Å². The lowest BCUT2D eigenvalue weighted by Gasteiger charge is -2.37. The van der Waals surface area contributed by atoms with E-state index in [4.69, 9.17) is 0 Å². The van der Waals surface area contributed by atoms with Crippen molar-refractivity contribution in [2.75, 3.05) is 10.2 Å². The molecular formula is C33H23FN2O3. The third kappa shape index (κ3) is 3.15. The highest BCUT2D eigenvalue weighted by atomic mass is 19.1. The van der Waals surface area contributed by atoms with E-state index < -0.39 is 35.0 Å². The number of nitrogens with one attached hydrogen (secondary N) is 1. The molecule has 3 aliphatic heterocycles. The van der Waals surface area contributed by atoms with Gasteiger partial charge >= 0.3 is 0 Å². The van der Waals surface area contributed by atoms with Gasteiger partial charge in [-0.15, -0.1) is 0 Å². The second-order valence-corrected chi connectivity index (χ2v) is 10.1. The maximum atomic E-state index is 15.2. The zero-order chi connectivity index (χ0) is 26.7. The van der Waals surface area contributed by atoms with Crippen LogP contribution in [-0.2, 0) is 10.2 Å². The van der Waals surface area contributed by atoms with E-state index in [1.165, 1.54) is 18.2 Å². The van der Waals surface area contributed by atoms with E-state index in [1.54, 1.807) is 36.4 Å². The van der Waals surface area contributed by atoms with Crippen LogP contribution in [0.15, 0.2) is 109 Å². The molecule has 0 bridgehead atoms. The number of rotatable bonds is 4. The van der Waals surface area contributed by atoms with Crippen molar-refractivity contribution < 1.29 is 18.8 Å². The molecular weight excluding hydrogens is 491 g/mol. The van der Waals surface area contributed by atoms with Crippen LogP contribution in [0.3, 0.4) is 0 Å². The standard InChI is InChI=1S/C33H23FN2O3/c34-24-15-7-5-13-22(24)31(38)28-29(30(37)21-11-2-1-3-12-21)36-26-17-9-4-10-20(26)18-19-27(36)33(28)23-14-6-8-16-25(23)35-32(33)39/h1-19,27-29H,(H,35,39)/t27-,28-,29+,33+/m1/s1. The summed E-state index contributed by atoms with van der Waals surface area (Å²) in [5.41, 5.74) is 1.67. The zero-order valence-corrected chi connectivity index (χ0v) is 20.8. The van der Waals surface area contributed by atoms with E-state index >= 15 is 4.39 Å². The van der Waals surface area contributed by atoms with Gasteiger partial charge in [-0.1, -0.05) is 91.0 Å². The number of benzene rings is 4. The van der Waals surface area contributed by atoms with Crippen molar-refractivity contribution in [2.45, 2.75) is 17.5 Å². The molecule has 0 unspecified atom stereocenters. The Labute approximate surface area is 224 Å². The van der Waals surface area contributed by atoms with Crippen LogP contribution in [0.5, 0.6) is 0 Å². The highest BCUT2D eigenvalue weighted by Crippen LogP contribution is 2.58. The number of ketones is 2. The number of hydrogen-bond donors (Lipinski definition) is 1. The number of halogens is 1. The third-order valence-electron chi connectivity index (χ3n) is 8.29. The predicted octanol–water partition coefficient (Wildman–Crippen LogP) is 5.68. The number of carbonyl (C=O) groups excluding carboxylic acids is 3. The Morgan fingerprint density at radius 3 is 2.31 bits per heavy atom. The van der Waals surface area contributed by atoms with E-state index in [0.29, 0.717) is 16.8 Å². The van der Waals surface area contributed by atoms with Crippen LogP contribution < -0.4 is 10.2 Å². The van der Waals surface area contributed by atoms with Crippen molar-refractivity contribution in [1.29, 1.82) is 0 Å². The number of nitrogens with zero attached hydrogens (tertiary/aromatic N) is 1. The molecule has 6 heteroatoms. The second kappa shape index (κ2) is 8.60. The summed E-state index contributed by atoms with van der Waals surface area (Å²) in [6, 6.07) is 27.7. The molecule has 7 rings (SSSR count). The Balaban J connectivity index is 1.56. The minimum absolute atomic E-state index is 0.137. The first-order valence-corrected chi connectivity index (χ1v) is 12.9. The van der Waals surface area contributed by atoms with Gasteiger partial charge in [-0.2, -0.15) is 0 Å². The van der Waals surface area contributed by atoms with Gasteiger partial charge in [0.25, 0.3) is 0 Å². The number of hydrogen-bond acceptors (Lipinski definition) is 4. The minimum atomic E-state index is -1.46. The molecule has 39 heavy (non-hydrogen) atoms. The SMILES string of the molecule is O=C(c1ccccc1)[C@@H]1[C@H](C(=O)c2ccccc2F)[C@@]2(C(=O)Nc3ccccc32)[C@H]2C=Cc3ccccc3N12. The van der Waals surface area contributed by atoms with E-state index in [2.05, 4.69) is 5.32 Å². The maximum absolute atomic E-state index is 15.2. The van der Waals surface area contributed by atoms with Gasteiger partial charge in [-0.3, -0.25) is 14.4 Å². The van der Waals surface area contributed by atoms with Crippen LogP contribution in [-0.4, -0.2) is 29.6 Å². The first kappa shape index (κ1) is 23.3. The maximum Gasteiger partial charge on any atom is 0.238 e. The zero-order valence-electron chi connectivity index (χ0n) is 20.8. The van der Waals surface area contributed by atoms with E-state index in [1.807, 2.05) is 65.6 Å². The van der Waals surface area contributed by atoms with Gasteiger partial charge in [-0.05, 0) is 35.4 Å².